The summed E-state index contributed by atoms with van der Waals surface area (Å²) in [5.41, 5.74) is 5.03. The molecule has 1 heterocycles. The van der Waals surface area contributed by atoms with Gasteiger partial charge in [-0.3, -0.25) is 9.69 Å². The second-order valence-electron chi connectivity index (χ2n) is 6.66. The normalized spacial score (nSPS) is 24.0. The van der Waals surface area contributed by atoms with E-state index in [9.17, 15) is 9.59 Å². The van der Waals surface area contributed by atoms with Gasteiger partial charge in [0.15, 0.2) is 0 Å². The summed E-state index contributed by atoms with van der Waals surface area (Å²) in [6.45, 7) is 8.20. The Hall–Kier alpha value is -1.30. The quantitative estimate of drug-likeness (QED) is 0.781. The zero-order valence-electron chi connectivity index (χ0n) is 13.2. The molecule has 1 aliphatic heterocycles. The Bertz CT molecular complexity index is 382. The summed E-state index contributed by atoms with van der Waals surface area (Å²) < 4.78 is 0. The molecule has 0 spiro atoms. The molecule has 21 heavy (non-hydrogen) atoms. The lowest BCUT2D eigenvalue weighted by atomic mass is 10.0. The van der Waals surface area contributed by atoms with Gasteiger partial charge in [-0.2, -0.15) is 0 Å². The first kappa shape index (κ1) is 16.1. The van der Waals surface area contributed by atoms with E-state index in [1.807, 2.05) is 4.90 Å². The maximum Gasteiger partial charge on any atom is 0.312 e. The fourth-order valence-electron chi connectivity index (χ4n) is 3.06. The first-order chi connectivity index (χ1) is 9.97. The first-order valence-electron chi connectivity index (χ1n) is 8.02. The van der Waals surface area contributed by atoms with Gasteiger partial charge in [0, 0.05) is 32.2 Å². The van der Waals surface area contributed by atoms with Crippen LogP contribution in [0, 0.1) is 11.8 Å². The predicted octanol–water partition coefficient (Wildman–Crippen LogP) is 0.624. The largest absolute Gasteiger partial charge is 0.352 e. The number of nitrogens with zero attached hydrogens (tertiary/aromatic N) is 2. The van der Waals surface area contributed by atoms with Crippen molar-refractivity contribution in [2.24, 2.45) is 17.6 Å². The van der Waals surface area contributed by atoms with E-state index in [0.29, 0.717) is 12.0 Å². The van der Waals surface area contributed by atoms with Crippen molar-refractivity contribution in [3.05, 3.63) is 0 Å². The van der Waals surface area contributed by atoms with Crippen molar-refractivity contribution in [1.82, 2.24) is 15.1 Å². The van der Waals surface area contributed by atoms with Crippen LogP contribution in [0.5, 0.6) is 0 Å². The molecule has 0 aromatic rings. The highest BCUT2D eigenvalue weighted by Crippen LogP contribution is 2.31. The second kappa shape index (κ2) is 7.11. The highest BCUT2D eigenvalue weighted by atomic mass is 16.2. The van der Waals surface area contributed by atoms with Gasteiger partial charge in [-0.05, 0) is 31.1 Å². The van der Waals surface area contributed by atoms with Crippen molar-refractivity contribution in [2.45, 2.75) is 39.2 Å². The molecule has 0 unspecified atom stereocenters. The molecule has 1 atom stereocenters. The van der Waals surface area contributed by atoms with Gasteiger partial charge in [0.25, 0.3) is 0 Å². The number of nitrogens with one attached hydrogen (secondary N) is 1. The summed E-state index contributed by atoms with van der Waals surface area (Å²) in [6, 6.07) is -0.237. The summed E-state index contributed by atoms with van der Waals surface area (Å²) in [5, 5.41) is 2.39. The minimum absolute atomic E-state index is 0.00275. The van der Waals surface area contributed by atoms with Crippen molar-refractivity contribution in [3.8, 4) is 0 Å². The Labute approximate surface area is 127 Å². The van der Waals surface area contributed by atoms with Crippen LogP contribution in [0.4, 0.5) is 4.79 Å². The molecule has 0 radical (unpaired) electrons. The van der Waals surface area contributed by atoms with E-state index in [1.54, 1.807) is 0 Å². The Balaban J connectivity index is 1.94. The van der Waals surface area contributed by atoms with Crippen LogP contribution in [0.3, 0.4) is 0 Å². The Morgan fingerprint density at radius 3 is 2.57 bits per heavy atom. The molecule has 0 aromatic heterocycles. The molecule has 3 N–H and O–H groups in total. The predicted molar refractivity (Wildman–Crippen MR) is 81.7 cm³/mol. The van der Waals surface area contributed by atoms with Gasteiger partial charge in [-0.15, -0.1) is 0 Å². The minimum Gasteiger partial charge on any atom is -0.352 e. The van der Waals surface area contributed by atoms with E-state index in [2.05, 4.69) is 24.1 Å². The average molecular weight is 296 g/mol. The summed E-state index contributed by atoms with van der Waals surface area (Å²) in [7, 11) is 0. The third kappa shape index (κ3) is 4.88. The highest BCUT2D eigenvalue weighted by molar-refractivity contribution is 5.83. The van der Waals surface area contributed by atoms with Crippen LogP contribution in [-0.4, -0.2) is 60.5 Å². The Morgan fingerprint density at radius 2 is 2.00 bits per heavy atom. The fraction of sp³-hybridized carbons (Fsp3) is 0.867. The molecule has 1 saturated carbocycles. The number of amides is 3. The maximum atomic E-state index is 12.2. The zero-order valence-corrected chi connectivity index (χ0v) is 13.2. The SMILES string of the molecule is CC(C)[C@H]1CN(C(=O)CNC(N)=O)CCCN1CC1CC1. The number of hydrogen-bond donors (Lipinski definition) is 2. The van der Waals surface area contributed by atoms with E-state index in [1.165, 1.54) is 19.4 Å². The smallest absolute Gasteiger partial charge is 0.312 e. The third-order valence-corrected chi connectivity index (χ3v) is 4.48. The molecule has 0 bridgehead atoms. The third-order valence-electron chi connectivity index (χ3n) is 4.48. The van der Waals surface area contributed by atoms with Gasteiger partial charge in [0.2, 0.25) is 5.91 Å². The topological polar surface area (TPSA) is 78.7 Å². The van der Waals surface area contributed by atoms with Gasteiger partial charge in [0.1, 0.15) is 0 Å². The number of urea groups is 1. The van der Waals surface area contributed by atoms with Gasteiger partial charge in [-0.25, -0.2) is 4.79 Å². The van der Waals surface area contributed by atoms with Crippen LogP contribution >= 0.6 is 0 Å². The van der Waals surface area contributed by atoms with Crippen LogP contribution in [0.15, 0.2) is 0 Å². The Morgan fingerprint density at radius 1 is 1.29 bits per heavy atom. The lowest BCUT2D eigenvalue weighted by molar-refractivity contribution is -0.130. The standard InChI is InChI=1S/C15H28N4O2/c1-11(2)13-10-19(14(20)8-17-15(16)21)7-3-6-18(13)9-12-4-5-12/h11-13H,3-10H2,1-2H3,(H3,16,17,21)/t13-/m1/s1. The van der Waals surface area contributed by atoms with E-state index >= 15 is 0 Å². The van der Waals surface area contributed by atoms with Crippen LogP contribution in [0.2, 0.25) is 0 Å². The number of carbonyl (C=O) groups excluding carboxylic acids is 2. The molecule has 0 aromatic carbocycles. The van der Waals surface area contributed by atoms with Crippen molar-refractivity contribution in [1.29, 1.82) is 0 Å². The molecule has 2 fully saturated rings. The lowest BCUT2D eigenvalue weighted by Crippen LogP contribution is -2.48. The van der Waals surface area contributed by atoms with Crippen molar-refractivity contribution >= 4 is 11.9 Å². The van der Waals surface area contributed by atoms with Gasteiger partial charge >= 0.3 is 6.03 Å². The maximum absolute atomic E-state index is 12.2. The molecule has 2 aliphatic rings. The molecule has 2 rings (SSSR count). The number of primary amides is 1. The molecule has 6 heteroatoms. The number of rotatable bonds is 5. The second-order valence-corrected chi connectivity index (χ2v) is 6.66. The van der Waals surface area contributed by atoms with Crippen LogP contribution in [0.1, 0.15) is 33.1 Å². The van der Waals surface area contributed by atoms with E-state index < -0.39 is 6.03 Å². The summed E-state index contributed by atoms with van der Waals surface area (Å²) in [4.78, 5) is 27.4. The van der Waals surface area contributed by atoms with Crippen molar-refractivity contribution in [3.63, 3.8) is 0 Å². The zero-order chi connectivity index (χ0) is 15.4. The molecular formula is C15H28N4O2. The molecule has 3 amide bonds. The molecule has 1 saturated heterocycles. The van der Waals surface area contributed by atoms with E-state index in [-0.39, 0.29) is 12.5 Å². The molecule has 6 nitrogen and oxygen atoms in total. The highest BCUT2D eigenvalue weighted by Gasteiger charge is 2.33. The van der Waals surface area contributed by atoms with Gasteiger partial charge in [-0.1, -0.05) is 13.8 Å². The Kier molecular flexibility index (Phi) is 5.45. The lowest BCUT2D eigenvalue weighted by Gasteiger charge is -2.34. The number of nitrogens with two attached hydrogens (primary N) is 1. The van der Waals surface area contributed by atoms with Crippen LogP contribution < -0.4 is 11.1 Å². The van der Waals surface area contributed by atoms with Gasteiger partial charge in [0.05, 0.1) is 6.54 Å². The number of hydrogen-bond acceptors (Lipinski definition) is 3. The molecule has 120 valence electrons. The van der Waals surface area contributed by atoms with Crippen LogP contribution in [0.25, 0.3) is 0 Å². The van der Waals surface area contributed by atoms with Gasteiger partial charge < -0.3 is 16.0 Å². The minimum atomic E-state index is -0.644. The monoisotopic (exact) mass is 296 g/mol. The average Bonchev–Trinajstić information content (AvgIpc) is 3.23. The summed E-state index contributed by atoms with van der Waals surface area (Å²) in [6.07, 6.45) is 3.71. The summed E-state index contributed by atoms with van der Waals surface area (Å²) >= 11 is 0. The van der Waals surface area contributed by atoms with E-state index in [0.717, 1.165) is 32.0 Å². The first-order valence-corrected chi connectivity index (χ1v) is 8.02. The molecular weight excluding hydrogens is 268 g/mol. The van der Waals surface area contributed by atoms with Crippen molar-refractivity contribution in [2.75, 3.05) is 32.7 Å². The fourth-order valence-corrected chi connectivity index (χ4v) is 3.06. The van der Waals surface area contributed by atoms with E-state index in [4.69, 9.17) is 5.73 Å². The molecule has 1 aliphatic carbocycles. The van der Waals surface area contributed by atoms with Crippen LogP contribution in [-0.2, 0) is 4.79 Å². The number of carbonyl (C=O) groups is 2. The van der Waals surface area contributed by atoms with Crippen molar-refractivity contribution < 1.29 is 9.59 Å². The summed E-state index contributed by atoms with van der Waals surface area (Å²) in [5.74, 6) is 1.35.